The van der Waals surface area contributed by atoms with Crippen molar-refractivity contribution in [2.45, 2.75) is 19.9 Å². The predicted molar refractivity (Wildman–Crippen MR) is 75.1 cm³/mol. The van der Waals surface area contributed by atoms with Crippen molar-refractivity contribution < 1.29 is 9.53 Å². The lowest BCUT2D eigenvalue weighted by molar-refractivity contribution is -0.134. The van der Waals surface area contributed by atoms with E-state index in [1.165, 1.54) is 0 Å². The molecule has 1 aromatic carbocycles. The molecule has 0 radical (unpaired) electrons. The molecule has 19 heavy (non-hydrogen) atoms. The Bertz CT molecular complexity index is 428. The lowest BCUT2D eigenvalue weighted by atomic mass is 10.1. The van der Waals surface area contributed by atoms with Crippen LogP contribution in [0.1, 0.15) is 18.9 Å². The van der Waals surface area contributed by atoms with E-state index < -0.39 is 0 Å². The minimum Gasteiger partial charge on any atom is -0.494 e. The van der Waals surface area contributed by atoms with Gasteiger partial charge in [-0.05, 0) is 26.0 Å². The Morgan fingerprint density at radius 2 is 2.26 bits per heavy atom. The molecule has 0 unspecified atom stereocenters. The summed E-state index contributed by atoms with van der Waals surface area (Å²) in [5.74, 6) is 1.22. The van der Waals surface area contributed by atoms with Gasteiger partial charge in [-0.25, -0.2) is 0 Å². The molecule has 1 saturated heterocycles. The second-order valence-corrected chi connectivity index (χ2v) is 4.92. The van der Waals surface area contributed by atoms with Gasteiger partial charge in [0.25, 0.3) is 0 Å². The number of nitrogens with one attached hydrogen (secondary N) is 1. The number of para-hydroxylation sites is 1. The molecule has 0 spiro atoms. The summed E-state index contributed by atoms with van der Waals surface area (Å²) in [7, 11) is 1.86. The number of carbonyl (C=O) groups is 1. The van der Waals surface area contributed by atoms with Gasteiger partial charge in [0.15, 0.2) is 0 Å². The van der Waals surface area contributed by atoms with Gasteiger partial charge in [-0.3, -0.25) is 4.79 Å². The van der Waals surface area contributed by atoms with Crippen LogP contribution in [0, 0.1) is 5.92 Å². The highest BCUT2D eigenvalue weighted by Crippen LogP contribution is 2.21. The third kappa shape index (κ3) is 3.47. The normalized spacial score (nSPS) is 18.3. The Labute approximate surface area is 114 Å². The average Bonchev–Trinajstić information content (AvgIpc) is 2.94. The molecule has 1 fully saturated rings. The molecule has 1 heterocycles. The fourth-order valence-corrected chi connectivity index (χ4v) is 2.44. The molecule has 104 valence electrons. The maximum absolute atomic E-state index is 12.3. The van der Waals surface area contributed by atoms with E-state index in [-0.39, 0.29) is 11.8 Å². The lowest BCUT2D eigenvalue weighted by Gasteiger charge is -2.22. The highest BCUT2D eigenvalue weighted by molar-refractivity contribution is 5.79. The summed E-state index contributed by atoms with van der Waals surface area (Å²) >= 11 is 0. The lowest BCUT2D eigenvalue weighted by Crippen LogP contribution is -2.33. The maximum atomic E-state index is 12.3. The highest BCUT2D eigenvalue weighted by atomic mass is 16.5. The van der Waals surface area contributed by atoms with E-state index in [9.17, 15) is 4.79 Å². The monoisotopic (exact) mass is 262 g/mol. The maximum Gasteiger partial charge on any atom is 0.227 e. The number of hydrogen-bond donors (Lipinski definition) is 1. The van der Waals surface area contributed by atoms with Crippen molar-refractivity contribution in [3.05, 3.63) is 29.8 Å². The molecule has 4 heteroatoms. The number of hydrogen-bond acceptors (Lipinski definition) is 3. The van der Waals surface area contributed by atoms with Crippen LogP contribution in [0.4, 0.5) is 0 Å². The molecule has 0 aromatic heterocycles. The van der Waals surface area contributed by atoms with Crippen LogP contribution in [0.15, 0.2) is 24.3 Å². The number of rotatable bonds is 5. The fourth-order valence-electron chi connectivity index (χ4n) is 2.44. The van der Waals surface area contributed by atoms with Gasteiger partial charge in [-0.15, -0.1) is 0 Å². The van der Waals surface area contributed by atoms with Crippen molar-refractivity contribution in [1.82, 2.24) is 10.2 Å². The topological polar surface area (TPSA) is 41.6 Å². The Morgan fingerprint density at radius 1 is 1.47 bits per heavy atom. The Kier molecular flexibility index (Phi) is 4.80. The molecule has 0 bridgehead atoms. The van der Waals surface area contributed by atoms with E-state index in [1.54, 1.807) is 4.90 Å². The Morgan fingerprint density at radius 3 is 2.95 bits per heavy atom. The minimum atomic E-state index is 0.129. The van der Waals surface area contributed by atoms with E-state index in [4.69, 9.17) is 4.74 Å². The molecule has 1 amide bonds. The first kappa shape index (κ1) is 13.9. The quantitative estimate of drug-likeness (QED) is 0.877. The van der Waals surface area contributed by atoms with E-state index >= 15 is 0 Å². The zero-order chi connectivity index (χ0) is 13.7. The van der Waals surface area contributed by atoms with E-state index in [0.717, 1.165) is 30.8 Å². The zero-order valence-electron chi connectivity index (χ0n) is 11.7. The molecule has 1 aliphatic rings. The summed E-state index contributed by atoms with van der Waals surface area (Å²) in [5.41, 5.74) is 1.06. The minimum absolute atomic E-state index is 0.129. The van der Waals surface area contributed by atoms with Crippen LogP contribution in [0.25, 0.3) is 0 Å². The second kappa shape index (κ2) is 6.57. The van der Waals surface area contributed by atoms with Crippen LogP contribution >= 0.6 is 0 Å². The van der Waals surface area contributed by atoms with E-state index in [0.29, 0.717) is 13.2 Å². The molecule has 1 aromatic rings. The first-order valence-electron chi connectivity index (χ1n) is 6.88. The summed E-state index contributed by atoms with van der Waals surface area (Å²) in [4.78, 5) is 14.1. The van der Waals surface area contributed by atoms with Gasteiger partial charge in [0, 0.05) is 25.7 Å². The van der Waals surface area contributed by atoms with E-state index in [1.807, 2.05) is 38.2 Å². The number of ether oxygens (including phenoxy) is 1. The van der Waals surface area contributed by atoms with Gasteiger partial charge in [0.05, 0.1) is 12.5 Å². The number of amides is 1. The zero-order valence-corrected chi connectivity index (χ0v) is 11.7. The van der Waals surface area contributed by atoms with Gasteiger partial charge in [-0.2, -0.15) is 0 Å². The third-order valence-electron chi connectivity index (χ3n) is 3.47. The highest BCUT2D eigenvalue weighted by Gasteiger charge is 2.25. The second-order valence-electron chi connectivity index (χ2n) is 4.92. The Hall–Kier alpha value is -1.55. The summed E-state index contributed by atoms with van der Waals surface area (Å²) in [5, 5.41) is 3.23. The van der Waals surface area contributed by atoms with Crippen molar-refractivity contribution in [3.8, 4) is 5.75 Å². The van der Waals surface area contributed by atoms with Crippen LogP contribution in [-0.2, 0) is 11.3 Å². The van der Waals surface area contributed by atoms with Crippen molar-refractivity contribution in [3.63, 3.8) is 0 Å². The van der Waals surface area contributed by atoms with Crippen LogP contribution < -0.4 is 10.1 Å². The molecular formula is C15H22N2O2. The predicted octanol–water partition coefficient (Wildman–Crippen LogP) is 1.65. The number of benzene rings is 1. The fraction of sp³-hybridized carbons (Fsp3) is 0.533. The molecule has 1 aliphatic heterocycles. The first-order valence-corrected chi connectivity index (χ1v) is 6.88. The smallest absolute Gasteiger partial charge is 0.227 e. The average molecular weight is 262 g/mol. The summed E-state index contributed by atoms with van der Waals surface area (Å²) in [6.45, 7) is 4.96. The van der Waals surface area contributed by atoms with Crippen molar-refractivity contribution in [2.24, 2.45) is 5.92 Å². The van der Waals surface area contributed by atoms with Crippen molar-refractivity contribution >= 4 is 5.91 Å². The molecule has 2 rings (SSSR count). The third-order valence-corrected chi connectivity index (χ3v) is 3.47. The van der Waals surface area contributed by atoms with Crippen LogP contribution in [0.2, 0.25) is 0 Å². The van der Waals surface area contributed by atoms with Gasteiger partial charge in [-0.1, -0.05) is 18.2 Å². The van der Waals surface area contributed by atoms with Gasteiger partial charge < -0.3 is 15.0 Å². The van der Waals surface area contributed by atoms with Crippen LogP contribution in [0.5, 0.6) is 5.75 Å². The molecular weight excluding hydrogens is 240 g/mol. The summed E-state index contributed by atoms with van der Waals surface area (Å²) in [6.07, 6.45) is 0.941. The van der Waals surface area contributed by atoms with Gasteiger partial charge in [0.2, 0.25) is 5.91 Å². The van der Waals surface area contributed by atoms with E-state index in [2.05, 4.69) is 5.32 Å². The van der Waals surface area contributed by atoms with Crippen molar-refractivity contribution in [1.29, 1.82) is 0 Å². The molecule has 1 atom stereocenters. The molecule has 0 saturated carbocycles. The number of carbonyl (C=O) groups excluding carboxylic acids is 1. The molecule has 1 N–H and O–H groups in total. The Balaban J connectivity index is 2.01. The summed E-state index contributed by atoms with van der Waals surface area (Å²) in [6, 6.07) is 7.90. The summed E-state index contributed by atoms with van der Waals surface area (Å²) < 4.78 is 5.59. The largest absolute Gasteiger partial charge is 0.494 e. The SMILES string of the molecule is CCOc1ccccc1CN(C)C(=O)[C@@H]1CCNC1. The first-order chi connectivity index (χ1) is 9.22. The van der Waals surface area contributed by atoms with Crippen LogP contribution in [0.3, 0.4) is 0 Å². The van der Waals surface area contributed by atoms with Gasteiger partial charge >= 0.3 is 0 Å². The molecule has 4 nitrogen and oxygen atoms in total. The van der Waals surface area contributed by atoms with Gasteiger partial charge in [0.1, 0.15) is 5.75 Å². The molecule has 0 aliphatic carbocycles. The number of nitrogens with zero attached hydrogens (tertiary/aromatic N) is 1. The standard InChI is InChI=1S/C15H22N2O2/c1-3-19-14-7-5-4-6-13(14)11-17(2)15(18)12-8-9-16-10-12/h4-7,12,16H,3,8-11H2,1-2H3/t12-/m1/s1. The van der Waals surface area contributed by atoms with Crippen LogP contribution in [-0.4, -0.2) is 37.6 Å². The van der Waals surface area contributed by atoms with Crippen molar-refractivity contribution in [2.75, 3.05) is 26.7 Å².